The fraction of sp³-hybridized carbons (Fsp3) is 0.304. The first-order chi connectivity index (χ1) is 14.6. The highest BCUT2D eigenvalue weighted by Gasteiger charge is 2.09. The molecule has 0 radical (unpaired) electrons. The predicted octanol–water partition coefficient (Wildman–Crippen LogP) is 5.25. The maximum atomic E-state index is 5.64. The van der Waals surface area contributed by atoms with Gasteiger partial charge in [-0.15, -0.1) is 24.0 Å². The molecule has 8 heteroatoms. The van der Waals surface area contributed by atoms with Gasteiger partial charge < -0.3 is 24.5 Å². The van der Waals surface area contributed by atoms with E-state index in [0.717, 1.165) is 23.5 Å². The summed E-state index contributed by atoms with van der Waals surface area (Å²) in [6.07, 6.45) is 1.64. The van der Waals surface area contributed by atoms with Crippen molar-refractivity contribution in [2.24, 2.45) is 4.99 Å². The Morgan fingerprint density at radius 3 is 2.55 bits per heavy atom. The van der Waals surface area contributed by atoms with E-state index in [1.807, 2.05) is 56.3 Å². The van der Waals surface area contributed by atoms with E-state index < -0.39 is 0 Å². The lowest BCUT2D eigenvalue weighted by atomic mass is 10.1. The number of benzene rings is 2. The van der Waals surface area contributed by atoms with E-state index in [-0.39, 0.29) is 24.0 Å². The van der Waals surface area contributed by atoms with E-state index in [0.29, 0.717) is 36.5 Å². The third-order valence-corrected chi connectivity index (χ3v) is 4.32. The van der Waals surface area contributed by atoms with Gasteiger partial charge in [-0.25, -0.2) is 9.98 Å². The minimum absolute atomic E-state index is 0. The number of nitrogens with zero attached hydrogens (tertiary/aromatic N) is 2. The standard InChI is InChI=1S/C23H28N4O3.HI/c1-5-24-23(27-18-11-12-20(28-4)21(13-18)29-6-2)25-14-19-15-30-22(26-19)17-9-7-16(3)8-10-17;/h7-13,15H,5-6,14H2,1-4H3,(H2,24,25,27);1H. The third-order valence-electron chi connectivity index (χ3n) is 4.32. The fourth-order valence-electron chi connectivity index (χ4n) is 2.83. The van der Waals surface area contributed by atoms with E-state index in [1.54, 1.807) is 13.4 Å². The van der Waals surface area contributed by atoms with E-state index in [1.165, 1.54) is 5.56 Å². The Morgan fingerprint density at radius 1 is 1.10 bits per heavy atom. The molecule has 0 saturated heterocycles. The molecule has 166 valence electrons. The third kappa shape index (κ3) is 6.88. The van der Waals surface area contributed by atoms with Gasteiger partial charge in [-0.1, -0.05) is 17.7 Å². The summed E-state index contributed by atoms with van der Waals surface area (Å²) in [4.78, 5) is 9.16. The van der Waals surface area contributed by atoms with E-state index in [4.69, 9.17) is 13.9 Å². The van der Waals surface area contributed by atoms with Gasteiger partial charge in [0.25, 0.3) is 0 Å². The first-order valence-corrected chi connectivity index (χ1v) is 10.0. The monoisotopic (exact) mass is 536 g/mol. The van der Waals surface area contributed by atoms with Crippen molar-refractivity contribution >= 4 is 35.6 Å². The minimum atomic E-state index is 0. The average molecular weight is 536 g/mol. The average Bonchev–Trinajstić information content (AvgIpc) is 3.22. The van der Waals surface area contributed by atoms with Crippen LogP contribution in [0.2, 0.25) is 0 Å². The normalized spacial score (nSPS) is 10.9. The largest absolute Gasteiger partial charge is 0.493 e. The Bertz CT molecular complexity index is 987. The summed E-state index contributed by atoms with van der Waals surface area (Å²) in [6, 6.07) is 13.7. The molecule has 0 atom stereocenters. The second-order valence-electron chi connectivity index (χ2n) is 6.63. The molecule has 3 rings (SSSR count). The summed E-state index contributed by atoms with van der Waals surface area (Å²) in [5, 5.41) is 6.52. The summed E-state index contributed by atoms with van der Waals surface area (Å²) in [6.45, 7) is 7.68. The maximum Gasteiger partial charge on any atom is 0.226 e. The van der Waals surface area contributed by atoms with Crippen molar-refractivity contribution in [2.75, 3.05) is 25.6 Å². The summed E-state index contributed by atoms with van der Waals surface area (Å²) in [7, 11) is 1.62. The highest BCUT2D eigenvalue weighted by Crippen LogP contribution is 2.30. The number of oxazole rings is 1. The molecule has 0 saturated carbocycles. The van der Waals surface area contributed by atoms with Crippen LogP contribution in [0.3, 0.4) is 0 Å². The van der Waals surface area contributed by atoms with Gasteiger partial charge in [0.2, 0.25) is 5.89 Å². The van der Waals surface area contributed by atoms with E-state index >= 15 is 0 Å². The van der Waals surface area contributed by atoms with Crippen molar-refractivity contribution < 1.29 is 13.9 Å². The fourth-order valence-corrected chi connectivity index (χ4v) is 2.83. The number of hydrogen-bond acceptors (Lipinski definition) is 5. The van der Waals surface area contributed by atoms with Crippen LogP contribution in [-0.2, 0) is 6.54 Å². The molecule has 0 aliphatic heterocycles. The van der Waals surface area contributed by atoms with Crippen molar-refractivity contribution in [3.05, 3.63) is 60.0 Å². The Labute approximate surface area is 200 Å². The van der Waals surface area contributed by atoms with Crippen LogP contribution in [0.1, 0.15) is 25.1 Å². The molecule has 2 N–H and O–H groups in total. The number of aliphatic imine (C=N–C) groups is 1. The molecule has 0 amide bonds. The molecule has 3 aromatic rings. The van der Waals surface area contributed by atoms with E-state index in [2.05, 4.69) is 27.5 Å². The summed E-state index contributed by atoms with van der Waals surface area (Å²) in [5.74, 6) is 2.61. The van der Waals surface area contributed by atoms with Crippen molar-refractivity contribution in [2.45, 2.75) is 27.3 Å². The quantitative estimate of drug-likeness (QED) is 0.233. The van der Waals surface area contributed by atoms with Crippen molar-refractivity contribution in [1.29, 1.82) is 0 Å². The second-order valence-corrected chi connectivity index (χ2v) is 6.63. The molecule has 7 nitrogen and oxygen atoms in total. The second kappa shape index (κ2) is 12.2. The SMILES string of the molecule is CCNC(=NCc1coc(-c2ccc(C)cc2)n1)Nc1ccc(OC)c(OCC)c1.I. The Kier molecular flexibility index (Phi) is 9.64. The smallest absolute Gasteiger partial charge is 0.226 e. The summed E-state index contributed by atoms with van der Waals surface area (Å²) < 4.78 is 16.6. The van der Waals surface area contributed by atoms with Gasteiger partial charge in [0.15, 0.2) is 17.5 Å². The van der Waals surface area contributed by atoms with Gasteiger partial charge in [0, 0.05) is 23.9 Å². The Balaban J connectivity index is 0.00000341. The number of ether oxygens (including phenoxy) is 2. The predicted molar refractivity (Wildman–Crippen MR) is 135 cm³/mol. The van der Waals surface area contributed by atoms with Gasteiger partial charge in [-0.05, 0) is 45.0 Å². The van der Waals surface area contributed by atoms with Crippen LogP contribution in [0.25, 0.3) is 11.5 Å². The molecule has 0 unspecified atom stereocenters. The number of anilines is 1. The van der Waals surface area contributed by atoms with Crippen molar-refractivity contribution in [3.8, 4) is 23.0 Å². The number of aromatic nitrogens is 1. The van der Waals surface area contributed by atoms with Gasteiger partial charge in [-0.3, -0.25) is 0 Å². The van der Waals surface area contributed by atoms with Crippen LogP contribution in [0.5, 0.6) is 11.5 Å². The number of rotatable bonds is 8. The van der Waals surface area contributed by atoms with Gasteiger partial charge in [-0.2, -0.15) is 0 Å². The molecule has 0 spiro atoms. The zero-order valence-electron chi connectivity index (χ0n) is 18.3. The highest BCUT2D eigenvalue weighted by atomic mass is 127. The zero-order valence-corrected chi connectivity index (χ0v) is 20.6. The van der Waals surface area contributed by atoms with Gasteiger partial charge in [0.05, 0.1) is 20.3 Å². The van der Waals surface area contributed by atoms with Crippen molar-refractivity contribution in [1.82, 2.24) is 10.3 Å². The van der Waals surface area contributed by atoms with Crippen molar-refractivity contribution in [3.63, 3.8) is 0 Å². The lowest BCUT2D eigenvalue weighted by Gasteiger charge is -2.14. The number of guanidine groups is 1. The number of hydrogen-bond donors (Lipinski definition) is 2. The van der Waals surface area contributed by atoms with Crippen LogP contribution in [0.15, 0.2) is 58.1 Å². The molecule has 0 fully saturated rings. The molecule has 1 aromatic heterocycles. The van der Waals surface area contributed by atoms with Crippen LogP contribution in [-0.4, -0.2) is 31.2 Å². The highest BCUT2D eigenvalue weighted by molar-refractivity contribution is 14.0. The summed E-state index contributed by atoms with van der Waals surface area (Å²) in [5.41, 5.74) is 3.75. The lowest BCUT2D eigenvalue weighted by molar-refractivity contribution is 0.311. The maximum absolute atomic E-state index is 5.64. The summed E-state index contributed by atoms with van der Waals surface area (Å²) >= 11 is 0. The van der Waals surface area contributed by atoms with Crippen LogP contribution in [0.4, 0.5) is 5.69 Å². The molecule has 1 heterocycles. The zero-order chi connectivity index (χ0) is 21.3. The van der Waals surface area contributed by atoms with Crippen LogP contribution in [0, 0.1) is 6.92 Å². The molecule has 0 aliphatic rings. The van der Waals surface area contributed by atoms with E-state index in [9.17, 15) is 0 Å². The molecular formula is C23H29IN4O3. The molecule has 31 heavy (non-hydrogen) atoms. The number of aryl methyl sites for hydroxylation is 1. The van der Waals surface area contributed by atoms with Gasteiger partial charge in [0.1, 0.15) is 12.0 Å². The molecular weight excluding hydrogens is 507 g/mol. The number of methoxy groups -OCH3 is 1. The van der Waals surface area contributed by atoms with Gasteiger partial charge >= 0.3 is 0 Å². The Morgan fingerprint density at radius 2 is 1.87 bits per heavy atom. The lowest BCUT2D eigenvalue weighted by Crippen LogP contribution is -2.30. The van der Waals surface area contributed by atoms with Crippen LogP contribution >= 0.6 is 24.0 Å². The first kappa shape index (κ1) is 24.5. The first-order valence-electron chi connectivity index (χ1n) is 10.0. The molecule has 0 aliphatic carbocycles. The Hall–Kier alpha value is -2.75. The minimum Gasteiger partial charge on any atom is -0.493 e. The molecule has 2 aromatic carbocycles. The molecule has 0 bridgehead atoms. The topological polar surface area (TPSA) is 80.9 Å². The number of nitrogens with one attached hydrogen (secondary N) is 2. The number of halogens is 1. The van der Waals surface area contributed by atoms with Crippen LogP contribution < -0.4 is 20.1 Å².